The van der Waals surface area contributed by atoms with Crippen molar-refractivity contribution >= 4 is 16.7 Å². The smallest absolute Gasteiger partial charge is 0.303 e. The highest BCUT2D eigenvalue weighted by molar-refractivity contribution is 5.91. The monoisotopic (exact) mass is 274 g/mol. The number of carbonyl (C=O) groups is 1. The van der Waals surface area contributed by atoms with E-state index in [9.17, 15) is 9.90 Å². The molecule has 4 nitrogen and oxygen atoms in total. The van der Waals surface area contributed by atoms with Gasteiger partial charge in [0.15, 0.2) is 0 Å². The van der Waals surface area contributed by atoms with Crippen LogP contribution in [-0.4, -0.2) is 23.3 Å². The standard InChI is InChI=1S/C16H18O4/c1-10(9-15(17)18)16(19)13-7-8-14(20-2)12-6-4-3-5-11(12)13/h3-8,10,16,19H,9H2,1-2H3,(H,17,18). The fraction of sp³-hybridized carbons (Fsp3) is 0.312. The molecule has 0 amide bonds. The fourth-order valence-electron chi connectivity index (χ4n) is 2.42. The fourth-order valence-corrected chi connectivity index (χ4v) is 2.42. The van der Waals surface area contributed by atoms with Crippen LogP contribution < -0.4 is 4.74 Å². The van der Waals surface area contributed by atoms with Crippen LogP contribution >= 0.6 is 0 Å². The lowest BCUT2D eigenvalue weighted by Gasteiger charge is -2.20. The second-order valence-electron chi connectivity index (χ2n) is 4.92. The van der Waals surface area contributed by atoms with Gasteiger partial charge in [-0.15, -0.1) is 0 Å². The van der Waals surface area contributed by atoms with Crippen LogP contribution in [0.1, 0.15) is 25.0 Å². The highest BCUT2D eigenvalue weighted by Gasteiger charge is 2.21. The third-order valence-corrected chi connectivity index (χ3v) is 3.49. The second-order valence-corrected chi connectivity index (χ2v) is 4.92. The number of aliphatic carboxylic acids is 1. The highest BCUT2D eigenvalue weighted by atomic mass is 16.5. The number of hydrogen-bond acceptors (Lipinski definition) is 3. The highest BCUT2D eigenvalue weighted by Crippen LogP contribution is 2.34. The van der Waals surface area contributed by atoms with E-state index in [1.165, 1.54) is 0 Å². The van der Waals surface area contributed by atoms with Gasteiger partial charge in [0, 0.05) is 5.39 Å². The quantitative estimate of drug-likeness (QED) is 0.879. The van der Waals surface area contributed by atoms with Crippen LogP contribution in [0.3, 0.4) is 0 Å². The SMILES string of the molecule is COc1ccc(C(O)C(C)CC(=O)O)c2ccccc12. The van der Waals surface area contributed by atoms with E-state index < -0.39 is 12.1 Å². The molecule has 4 heteroatoms. The Kier molecular flexibility index (Phi) is 4.25. The summed E-state index contributed by atoms with van der Waals surface area (Å²) >= 11 is 0. The maximum absolute atomic E-state index is 10.8. The zero-order chi connectivity index (χ0) is 14.7. The van der Waals surface area contributed by atoms with Crippen LogP contribution in [0.15, 0.2) is 36.4 Å². The predicted octanol–water partition coefficient (Wildman–Crippen LogP) is 2.99. The number of hydrogen-bond donors (Lipinski definition) is 2. The minimum atomic E-state index is -0.908. The van der Waals surface area contributed by atoms with Gasteiger partial charge >= 0.3 is 5.97 Å². The third-order valence-electron chi connectivity index (χ3n) is 3.49. The molecule has 0 heterocycles. The van der Waals surface area contributed by atoms with Crippen LogP contribution in [0.4, 0.5) is 0 Å². The Morgan fingerprint density at radius 2 is 1.85 bits per heavy atom. The van der Waals surface area contributed by atoms with Gasteiger partial charge in [-0.05, 0) is 22.9 Å². The number of aliphatic hydroxyl groups is 1. The van der Waals surface area contributed by atoms with E-state index in [0.29, 0.717) is 0 Å². The number of aliphatic hydroxyl groups excluding tert-OH is 1. The second kappa shape index (κ2) is 5.92. The van der Waals surface area contributed by atoms with Gasteiger partial charge in [0.1, 0.15) is 5.75 Å². The molecule has 0 radical (unpaired) electrons. The Hall–Kier alpha value is -2.07. The molecule has 0 aliphatic rings. The summed E-state index contributed by atoms with van der Waals surface area (Å²) in [4.78, 5) is 10.8. The molecule has 0 fully saturated rings. The van der Waals surface area contributed by atoms with Crippen molar-refractivity contribution in [2.45, 2.75) is 19.4 Å². The summed E-state index contributed by atoms with van der Waals surface area (Å²) in [5.74, 6) is -0.527. The van der Waals surface area contributed by atoms with E-state index in [4.69, 9.17) is 9.84 Å². The van der Waals surface area contributed by atoms with Gasteiger partial charge < -0.3 is 14.9 Å². The van der Waals surface area contributed by atoms with Crippen molar-refractivity contribution in [1.29, 1.82) is 0 Å². The van der Waals surface area contributed by atoms with Crippen LogP contribution in [0.25, 0.3) is 10.8 Å². The predicted molar refractivity (Wildman–Crippen MR) is 76.9 cm³/mol. The summed E-state index contributed by atoms with van der Waals surface area (Å²) in [5, 5.41) is 21.0. The summed E-state index contributed by atoms with van der Waals surface area (Å²) in [5.41, 5.74) is 0.732. The Balaban J connectivity index is 2.47. The summed E-state index contributed by atoms with van der Waals surface area (Å²) in [6, 6.07) is 11.2. The number of rotatable bonds is 5. The van der Waals surface area contributed by atoms with Crippen LogP contribution in [0.2, 0.25) is 0 Å². The van der Waals surface area contributed by atoms with Crippen molar-refractivity contribution in [3.8, 4) is 5.75 Å². The Bertz CT molecular complexity index is 621. The number of ether oxygens (including phenoxy) is 1. The van der Waals surface area contributed by atoms with Crippen LogP contribution in [0.5, 0.6) is 5.75 Å². The average Bonchev–Trinajstić information content (AvgIpc) is 2.44. The summed E-state index contributed by atoms with van der Waals surface area (Å²) in [7, 11) is 1.60. The minimum absolute atomic E-state index is 0.0679. The summed E-state index contributed by atoms with van der Waals surface area (Å²) in [6.07, 6.45) is -0.886. The molecule has 2 unspecified atom stereocenters. The van der Waals surface area contributed by atoms with Gasteiger partial charge in [-0.3, -0.25) is 4.79 Å². The van der Waals surface area contributed by atoms with Crippen molar-refractivity contribution in [3.63, 3.8) is 0 Å². The van der Waals surface area contributed by atoms with Crippen molar-refractivity contribution < 1.29 is 19.7 Å². The molecule has 0 aromatic heterocycles. The minimum Gasteiger partial charge on any atom is -0.496 e. The maximum Gasteiger partial charge on any atom is 0.303 e. The molecule has 2 aromatic carbocycles. The first-order valence-electron chi connectivity index (χ1n) is 6.50. The molecule has 0 aliphatic carbocycles. The molecule has 20 heavy (non-hydrogen) atoms. The van der Waals surface area contributed by atoms with E-state index in [1.807, 2.05) is 24.3 Å². The first-order valence-corrected chi connectivity index (χ1v) is 6.50. The van der Waals surface area contributed by atoms with E-state index >= 15 is 0 Å². The lowest BCUT2D eigenvalue weighted by atomic mass is 9.91. The first kappa shape index (κ1) is 14.3. The lowest BCUT2D eigenvalue weighted by molar-refractivity contribution is -0.138. The molecule has 0 aliphatic heterocycles. The number of methoxy groups -OCH3 is 1. The number of fused-ring (bicyclic) bond motifs is 1. The van der Waals surface area contributed by atoms with E-state index in [-0.39, 0.29) is 12.3 Å². The summed E-state index contributed by atoms with van der Waals surface area (Å²) in [6.45, 7) is 1.73. The largest absolute Gasteiger partial charge is 0.496 e. The molecule has 0 bridgehead atoms. The van der Waals surface area contributed by atoms with Crippen LogP contribution in [0, 0.1) is 5.92 Å². The molecule has 2 aromatic rings. The average molecular weight is 274 g/mol. The molecular formula is C16H18O4. The molecule has 0 saturated carbocycles. The lowest BCUT2D eigenvalue weighted by Crippen LogP contribution is -2.14. The molecular weight excluding hydrogens is 256 g/mol. The van der Waals surface area contributed by atoms with E-state index in [2.05, 4.69) is 0 Å². The van der Waals surface area contributed by atoms with Crippen molar-refractivity contribution in [3.05, 3.63) is 42.0 Å². The Morgan fingerprint density at radius 1 is 1.20 bits per heavy atom. The Morgan fingerprint density at radius 3 is 2.45 bits per heavy atom. The van der Waals surface area contributed by atoms with Crippen molar-refractivity contribution in [1.82, 2.24) is 0 Å². The number of benzene rings is 2. The topological polar surface area (TPSA) is 66.8 Å². The van der Waals surface area contributed by atoms with Gasteiger partial charge in [-0.1, -0.05) is 37.3 Å². The van der Waals surface area contributed by atoms with Gasteiger partial charge in [0.2, 0.25) is 0 Å². The first-order chi connectivity index (χ1) is 9.54. The van der Waals surface area contributed by atoms with E-state index in [1.54, 1.807) is 26.2 Å². The van der Waals surface area contributed by atoms with E-state index in [0.717, 1.165) is 22.1 Å². The normalized spacial score (nSPS) is 13.9. The molecule has 2 N–H and O–H groups in total. The van der Waals surface area contributed by atoms with Gasteiger partial charge in [-0.2, -0.15) is 0 Å². The van der Waals surface area contributed by atoms with Crippen molar-refractivity contribution in [2.24, 2.45) is 5.92 Å². The van der Waals surface area contributed by atoms with Gasteiger partial charge in [0.05, 0.1) is 19.6 Å². The molecule has 0 saturated heterocycles. The third kappa shape index (κ3) is 2.75. The zero-order valence-corrected chi connectivity index (χ0v) is 11.5. The van der Waals surface area contributed by atoms with Gasteiger partial charge in [-0.25, -0.2) is 0 Å². The molecule has 2 rings (SSSR count). The number of carboxylic acids is 1. The number of carboxylic acid groups (broad SMARTS) is 1. The van der Waals surface area contributed by atoms with Crippen LogP contribution in [-0.2, 0) is 4.79 Å². The Labute approximate surface area is 117 Å². The maximum atomic E-state index is 10.8. The van der Waals surface area contributed by atoms with Gasteiger partial charge in [0.25, 0.3) is 0 Å². The van der Waals surface area contributed by atoms with Crippen molar-refractivity contribution in [2.75, 3.05) is 7.11 Å². The molecule has 0 spiro atoms. The molecule has 106 valence electrons. The summed E-state index contributed by atoms with van der Waals surface area (Å²) < 4.78 is 5.31. The zero-order valence-electron chi connectivity index (χ0n) is 11.5. The molecule has 2 atom stereocenters.